The molecule has 0 spiro atoms. The molecule has 5 atom stereocenters. The molecule has 13 nitrogen and oxygen atoms in total. The van der Waals surface area contributed by atoms with Gasteiger partial charge in [0.1, 0.15) is 18.1 Å². The molecule has 0 aliphatic rings. The average Bonchev–Trinajstić information content (AvgIpc) is 3.19. The van der Waals surface area contributed by atoms with Gasteiger partial charge in [-0.2, -0.15) is 12.6 Å². The zero-order valence-electron chi connectivity index (χ0n) is 16.1. The summed E-state index contributed by atoms with van der Waals surface area (Å²) in [5.41, 5.74) is 6.36. The van der Waals surface area contributed by atoms with Gasteiger partial charge in [0.2, 0.25) is 17.7 Å². The lowest BCUT2D eigenvalue weighted by molar-refractivity contribution is -0.142. The van der Waals surface area contributed by atoms with Gasteiger partial charge in [0.05, 0.1) is 25.1 Å². The molecule has 0 radical (unpaired) electrons. The topological polar surface area (TPSA) is 220 Å². The first kappa shape index (κ1) is 25.4. The number of carbonyl (C=O) groups excluding carboxylic acids is 3. The highest BCUT2D eigenvalue weighted by molar-refractivity contribution is 7.80. The van der Waals surface area contributed by atoms with Gasteiger partial charge in [0.15, 0.2) is 0 Å². The van der Waals surface area contributed by atoms with Crippen molar-refractivity contribution in [1.29, 1.82) is 0 Å². The molecule has 30 heavy (non-hydrogen) atoms. The summed E-state index contributed by atoms with van der Waals surface area (Å²) in [4.78, 5) is 54.4. The number of aromatic amines is 1. The molecular weight excluding hydrogens is 420 g/mol. The molecule has 0 bridgehead atoms. The first-order valence-corrected chi connectivity index (χ1v) is 9.50. The second-order valence-corrected chi connectivity index (χ2v) is 6.81. The van der Waals surface area contributed by atoms with Crippen LogP contribution in [-0.2, 0) is 25.6 Å². The van der Waals surface area contributed by atoms with E-state index in [1.165, 1.54) is 19.4 Å². The number of carboxylic acid groups (broad SMARTS) is 1. The van der Waals surface area contributed by atoms with E-state index >= 15 is 0 Å². The van der Waals surface area contributed by atoms with Crippen LogP contribution in [0.2, 0.25) is 0 Å². The minimum absolute atomic E-state index is 0.102. The first-order chi connectivity index (χ1) is 14.1. The van der Waals surface area contributed by atoms with E-state index in [0.717, 1.165) is 0 Å². The molecule has 0 saturated heterocycles. The predicted octanol–water partition coefficient (Wildman–Crippen LogP) is -3.88. The van der Waals surface area contributed by atoms with Gasteiger partial charge < -0.3 is 42.0 Å². The van der Waals surface area contributed by atoms with Crippen LogP contribution in [0.25, 0.3) is 0 Å². The lowest BCUT2D eigenvalue weighted by Crippen LogP contribution is -2.60. The molecule has 0 fully saturated rings. The molecule has 0 saturated carbocycles. The highest BCUT2D eigenvalue weighted by Crippen LogP contribution is 2.00. The standard InChI is InChI=1S/C16H26N6O7S/c1-7(24)12(15(27)21-11(5-30)16(28)29)22-14(26)10(4-23)20-13(25)9(17)2-8-3-18-6-19-8/h3,6-7,9-12,23-24,30H,2,4-5,17H2,1H3,(H,18,19)(H,20,25)(H,21,27)(H,22,26)(H,28,29). The molecule has 1 aromatic heterocycles. The fourth-order valence-electron chi connectivity index (χ4n) is 2.30. The first-order valence-electron chi connectivity index (χ1n) is 8.87. The highest BCUT2D eigenvalue weighted by Gasteiger charge is 2.32. The Morgan fingerprint density at radius 1 is 1.17 bits per heavy atom. The summed E-state index contributed by atoms with van der Waals surface area (Å²) in [5.74, 6) is -4.25. The predicted molar refractivity (Wildman–Crippen MR) is 106 cm³/mol. The number of aliphatic carboxylic acids is 1. The molecule has 1 aromatic rings. The normalized spacial score (nSPS) is 15.9. The molecule has 14 heteroatoms. The third-order valence-electron chi connectivity index (χ3n) is 4.01. The minimum Gasteiger partial charge on any atom is -0.480 e. The van der Waals surface area contributed by atoms with Crippen molar-refractivity contribution in [3.05, 3.63) is 18.2 Å². The second kappa shape index (κ2) is 12.1. The van der Waals surface area contributed by atoms with Gasteiger partial charge in [-0.15, -0.1) is 0 Å². The number of hydrogen-bond acceptors (Lipinski definition) is 9. The van der Waals surface area contributed by atoms with E-state index in [-0.39, 0.29) is 12.2 Å². The van der Waals surface area contributed by atoms with Crippen LogP contribution in [-0.4, -0.2) is 91.6 Å². The van der Waals surface area contributed by atoms with E-state index in [9.17, 15) is 29.4 Å². The van der Waals surface area contributed by atoms with Crippen LogP contribution in [0.4, 0.5) is 0 Å². The van der Waals surface area contributed by atoms with E-state index in [0.29, 0.717) is 5.69 Å². The summed E-state index contributed by atoms with van der Waals surface area (Å²) in [7, 11) is 0. The van der Waals surface area contributed by atoms with Crippen molar-refractivity contribution in [2.75, 3.05) is 12.4 Å². The fourth-order valence-corrected chi connectivity index (χ4v) is 2.55. The number of hydrogen-bond donors (Lipinski definition) is 9. The maximum Gasteiger partial charge on any atom is 0.327 e. The number of carbonyl (C=O) groups is 4. The Bertz CT molecular complexity index is 730. The van der Waals surface area contributed by atoms with E-state index in [2.05, 4.69) is 38.5 Å². The molecule has 5 unspecified atom stereocenters. The van der Waals surface area contributed by atoms with Crippen LogP contribution in [0.3, 0.4) is 0 Å². The Kier molecular flexibility index (Phi) is 10.2. The number of imidazole rings is 1. The monoisotopic (exact) mass is 446 g/mol. The SMILES string of the molecule is CC(O)C(NC(=O)C(CO)NC(=O)C(N)Cc1cnc[nH]1)C(=O)NC(CS)C(=O)O. The van der Waals surface area contributed by atoms with E-state index in [1.807, 2.05) is 0 Å². The van der Waals surface area contributed by atoms with Crippen molar-refractivity contribution < 1.29 is 34.5 Å². The summed E-state index contributed by atoms with van der Waals surface area (Å²) < 4.78 is 0. The van der Waals surface area contributed by atoms with Crippen LogP contribution in [0.15, 0.2) is 12.5 Å². The number of aliphatic hydroxyl groups is 2. The zero-order chi connectivity index (χ0) is 22.8. The van der Waals surface area contributed by atoms with Gasteiger partial charge in [0, 0.05) is 24.1 Å². The number of thiol groups is 1. The lowest BCUT2D eigenvalue weighted by atomic mass is 10.1. The summed E-state index contributed by atoms with van der Waals surface area (Å²) in [6.07, 6.45) is 1.59. The van der Waals surface area contributed by atoms with Crippen LogP contribution in [0.5, 0.6) is 0 Å². The van der Waals surface area contributed by atoms with Gasteiger partial charge in [-0.05, 0) is 6.92 Å². The number of nitrogens with one attached hydrogen (secondary N) is 4. The maximum absolute atomic E-state index is 12.4. The number of nitrogens with two attached hydrogens (primary N) is 1. The average molecular weight is 446 g/mol. The highest BCUT2D eigenvalue weighted by atomic mass is 32.1. The summed E-state index contributed by atoms with van der Waals surface area (Å²) in [6.45, 7) is 0.394. The molecule has 168 valence electrons. The molecule has 1 rings (SSSR count). The molecule has 9 N–H and O–H groups in total. The number of aliphatic hydroxyl groups excluding tert-OH is 2. The largest absolute Gasteiger partial charge is 0.480 e. The lowest BCUT2D eigenvalue weighted by Gasteiger charge is -2.25. The second-order valence-electron chi connectivity index (χ2n) is 6.44. The van der Waals surface area contributed by atoms with Gasteiger partial charge in [-0.25, -0.2) is 9.78 Å². The summed E-state index contributed by atoms with van der Waals surface area (Å²) in [6, 6.07) is -5.38. The Morgan fingerprint density at radius 2 is 1.80 bits per heavy atom. The number of rotatable bonds is 12. The fraction of sp³-hybridized carbons (Fsp3) is 0.562. The maximum atomic E-state index is 12.4. The Hall–Kier alpha value is -2.68. The Balaban J connectivity index is 2.74. The molecule has 0 aliphatic carbocycles. The number of nitrogens with zero attached hydrogens (tertiary/aromatic N) is 1. The number of aromatic nitrogens is 2. The molecular formula is C16H26N6O7S. The number of amides is 3. The van der Waals surface area contributed by atoms with Crippen molar-refractivity contribution in [3.63, 3.8) is 0 Å². The van der Waals surface area contributed by atoms with Gasteiger partial charge in [-0.1, -0.05) is 0 Å². The number of H-pyrrole nitrogens is 1. The van der Waals surface area contributed by atoms with E-state index in [4.69, 9.17) is 10.8 Å². The van der Waals surface area contributed by atoms with Crippen molar-refractivity contribution in [2.45, 2.75) is 43.6 Å². The van der Waals surface area contributed by atoms with Crippen LogP contribution < -0.4 is 21.7 Å². The van der Waals surface area contributed by atoms with Crippen molar-refractivity contribution >= 4 is 36.3 Å². The van der Waals surface area contributed by atoms with Gasteiger partial charge in [-0.3, -0.25) is 14.4 Å². The van der Waals surface area contributed by atoms with Gasteiger partial charge >= 0.3 is 5.97 Å². The Morgan fingerprint density at radius 3 is 2.27 bits per heavy atom. The summed E-state index contributed by atoms with van der Waals surface area (Å²) >= 11 is 3.81. The van der Waals surface area contributed by atoms with Gasteiger partial charge in [0.25, 0.3) is 0 Å². The van der Waals surface area contributed by atoms with E-state index < -0.39 is 60.6 Å². The van der Waals surface area contributed by atoms with Crippen molar-refractivity contribution in [3.8, 4) is 0 Å². The van der Waals surface area contributed by atoms with Crippen LogP contribution >= 0.6 is 12.6 Å². The van der Waals surface area contributed by atoms with Crippen LogP contribution in [0, 0.1) is 0 Å². The van der Waals surface area contributed by atoms with Crippen molar-refractivity contribution in [1.82, 2.24) is 25.9 Å². The third kappa shape index (κ3) is 7.62. The Labute approximate surface area is 177 Å². The minimum atomic E-state index is -1.54. The molecule has 0 aliphatic heterocycles. The smallest absolute Gasteiger partial charge is 0.327 e. The molecule has 3 amide bonds. The molecule has 0 aromatic carbocycles. The van der Waals surface area contributed by atoms with E-state index in [1.54, 1.807) is 0 Å². The summed E-state index contributed by atoms with van der Waals surface area (Å²) in [5, 5.41) is 34.8. The molecule has 1 heterocycles. The van der Waals surface area contributed by atoms with Crippen LogP contribution in [0.1, 0.15) is 12.6 Å². The number of carboxylic acids is 1. The third-order valence-corrected chi connectivity index (χ3v) is 4.37. The van der Waals surface area contributed by atoms with Crippen molar-refractivity contribution in [2.24, 2.45) is 5.73 Å². The quantitative estimate of drug-likeness (QED) is 0.143. The zero-order valence-corrected chi connectivity index (χ0v) is 17.0.